The van der Waals surface area contributed by atoms with Crippen LogP contribution in [0.3, 0.4) is 0 Å². The molecule has 1 aromatic carbocycles. The summed E-state index contributed by atoms with van der Waals surface area (Å²) in [5.41, 5.74) is -2.93. The van der Waals surface area contributed by atoms with Gasteiger partial charge in [-0.3, -0.25) is 14.9 Å². The van der Waals surface area contributed by atoms with Crippen LogP contribution >= 0.6 is 11.6 Å². The molecule has 0 bridgehead atoms. The van der Waals surface area contributed by atoms with Crippen molar-refractivity contribution in [2.75, 3.05) is 5.32 Å². The molecule has 0 aliphatic heterocycles. The molecule has 0 aliphatic rings. The average molecular weight is 368 g/mol. The SMILES string of the molecule is CC(Nc1cc(Cl)c(C(F)(F)F)cc1[N+](=O)[O-])C(=O)NC(C)(C)C. The van der Waals surface area contributed by atoms with Gasteiger partial charge >= 0.3 is 6.18 Å². The third-order valence-corrected chi connectivity index (χ3v) is 3.16. The molecule has 1 atom stereocenters. The first kappa shape index (κ1) is 20.0. The van der Waals surface area contributed by atoms with Gasteiger partial charge in [-0.2, -0.15) is 13.2 Å². The summed E-state index contributed by atoms with van der Waals surface area (Å²) in [6.45, 7) is 6.66. The Morgan fingerprint density at radius 3 is 2.25 bits per heavy atom. The van der Waals surface area contributed by atoms with Crippen molar-refractivity contribution in [3.8, 4) is 0 Å². The Morgan fingerprint density at radius 2 is 1.83 bits per heavy atom. The van der Waals surface area contributed by atoms with E-state index in [1.165, 1.54) is 6.92 Å². The number of rotatable bonds is 4. The van der Waals surface area contributed by atoms with E-state index in [1.807, 2.05) is 0 Å². The van der Waals surface area contributed by atoms with Crippen molar-refractivity contribution in [1.82, 2.24) is 5.32 Å². The van der Waals surface area contributed by atoms with E-state index in [-0.39, 0.29) is 5.69 Å². The standard InChI is InChI=1S/C14H17ClF3N3O3/c1-7(12(22)20-13(2,3)4)19-10-6-9(15)8(14(16,17)18)5-11(10)21(23)24/h5-7,19H,1-4H3,(H,20,22). The Balaban J connectivity index is 3.18. The van der Waals surface area contributed by atoms with Gasteiger partial charge in [0.1, 0.15) is 11.7 Å². The molecule has 1 amide bonds. The summed E-state index contributed by atoms with van der Waals surface area (Å²) in [6.07, 6.45) is -4.82. The number of amides is 1. The predicted molar refractivity (Wildman–Crippen MR) is 84.1 cm³/mol. The van der Waals surface area contributed by atoms with E-state index < -0.39 is 44.9 Å². The van der Waals surface area contributed by atoms with Gasteiger partial charge in [-0.1, -0.05) is 11.6 Å². The molecule has 6 nitrogen and oxygen atoms in total. The van der Waals surface area contributed by atoms with Gasteiger partial charge in [-0.15, -0.1) is 0 Å². The summed E-state index contributed by atoms with van der Waals surface area (Å²) in [4.78, 5) is 22.1. The highest BCUT2D eigenvalue weighted by atomic mass is 35.5. The zero-order chi connectivity index (χ0) is 18.9. The molecular formula is C14H17ClF3N3O3. The van der Waals surface area contributed by atoms with Crippen molar-refractivity contribution < 1.29 is 22.9 Å². The second-order valence-electron chi connectivity index (χ2n) is 6.21. The Morgan fingerprint density at radius 1 is 1.29 bits per heavy atom. The van der Waals surface area contributed by atoms with Crippen molar-refractivity contribution >= 4 is 28.9 Å². The average Bonchev–Trinajstić information content (AvgIpc) is 2.34. The largest absolute Gasteiger partial charge is 0.418 e. The number of carbonyl (C=O) groups excluding carboxylic acids is 1. The molecular weight excluding hydrogens is 351 g/mol. The number of nitro benzene ring substituents is 1. The van der Waals surface area contributed by atoms with Gasteiger partial charge in [-0.25, -0.2) is 0 Å². The summed E-state index contributed by atoms with van der Waals surface area (Å²) in [6, 6.07) is 0.221. The number of nitrogens with zero attached hydrogens (tertiary/aromatic N) is 1. The van der Waals surface area contributed by atoms with E-state index >= 15 is 0 Å². The van der Waals surface area contributed by atoms with E-state index in [2.05, 4.69) is 10.6 Å². The first-order valence-corrected chi connectivity index (χ1v) is 7.24. The third kappa shape index (κ3) is 5.26. The minimum atomic E-state index is -4.82. The summed E-state index contributed by atoms with van der Waals surface area (Å²) in [5.74, 6) is -0.465. The van der Waals surface area contributed by atoms with Crippen molar-refractivity contribution in [3.05, 3.63) is 32.8 Å². The van der Waals surface area contributed by atoms with Gasteiger partial charge in [0.25, 0.3) is 5.69 Å². The number of alkyl halides is 3. The molecule has 0 saturated carbocycles. The van der Waals surface area contributed by atoms with E-state index in [0.717, 1.165) is 6.07 Å². The molecule has 2 N–H and O–H groups in total. The summed E-state index contributed by atoms with van der Waals surface area (Å²) < 4.78 is 38.4. The smallest absolute Gasteiger partial charge is 0.368 e. The second-order valence-corrected chi connectivity index (χ2v) is 6.62. The topological polar surface area (TPSA) is 84.3 Å². The third-order valence-electron chi connectivity index (χ3n) is 2.85. The van der Waals surface area contributed by atoms with E-state index in [0.29, 0.717) is 6.07 Å². The Hall–Kier alpha value is -2.03. The molecule has 0 heterocycles. The van der Waals surface area contributed by atoms with Crippen LogP contribution in [0.25, 0.3) is 0 Å². The lowest BCUT2D eigenvalue weighted by Gasteiger charge is -2.24. The Bertz CT molecular complexity index is 657. The normalized spacial score (nSPS) is 13.3. The van der Waals surface area contributed by atoms with Crippen molar-refractivity contribution in [1.29, 1.82) is 0 Å². The molecule has 0 fully saturated rings. The van der Waals surface area contributed by atoms with Gasteiger partial charge in [0.2, 0.25) is 5.91 Å². The van der Waals surface area contributed by atoms with Gasteiger partial charge in [0.05, 0.1) is 15.5 Å². The lowest BCUT2D eigenvalue weighted by Crippen LogP contribution is -2.47. The predicted octanol–water partition coefficient (Wildman–Crippen LogP) is 3.98. The van der Waals surface area contributed by atoms with Crippen molar-refractivity contribution in [2.24, 2.45) is 0 Å². The monoisotopic (exact) mass is 367 g/mol. The molecule has 0 spiro atoms. The van der Waals surface area contributed by atoms with Crippen LogP contribution in [0, 0.1) is 10.1 Å². The lowest BCUT2D eigenvalue weighted by atomic mass is 10.1. The van der Waals surface area contributed by atoms with Crippen LogP contribution in [-0.2, 0) is 11.0 Å². The fourth-order valence-electron chi connectivity index (χ4n) is 1.82. The Labute approximate surface area is 141 Å². The molecule has 10 heteroatoms. The molecule has 0 radical (unpaired) electrons. The second kappa shape index (κ2) is 6.84. The molecule has 134 valence electrons. The van der Waals surface area contributed by atoms with E-state index in [9.17, 15) is 28.1 Å². The van der Waals surface area contributed by atoms with Crippen LogP contribution in [-0.4, -0.2) is 22.4 Å². The molecule has 1 unspecified atom stereocenters. The van der Waals surface area contributed by atoms with Gasteiger partial charge in [0.15, 0.2) is 0 Å². The highest BCUT2D eigenvalue weighted by molar-refractivity contribution is 6.31. The minimum absolute atomic E-state index is 0.269. The van der Waals surface area contributed by atoms with Gasteiger partial charge < -0.3 is 10.6 Å². The Kier molecular flexibility index (Phi) is 5.70. The first-order chi connectivity index (χ1) is 10.7. The van der Waals surface area contributed by atoms with Crippen LogP contribution in [0.5, 0.6) is 0 Å². The van der Waals surface area contributed by atoms with Crippen LogP contribution < -0.4 is 10.6 Å². The molecule has 1 aromatic rings. The summed E-state index contributed by atoms with van der Waals surface area (Å²) in [7, 11) is 0. The van der Waals surface area contributed by atoms with Crippen LogP contribution in [0.15, 0.2) is 12.1 Å². The van der Waals surface area contributed by atoms with Crippen molar-refractivity contribution in [3.63, 3.8) is 0 Å². The zero-order valence-electron chi connectivity index (χ0n) is 13.4. The molecule has 0 aliphatic carbocycles. The van der Waals surface area contributed by atoms with Gasteiger partial charge in [0, 0.05) is 11.6 Å². The van der Waals surface area contributed by atoms with Gasteiger partial charge in [-0.05, 0) is 33.8 Å². The number of nitrogens with one attached hydrogen (secondary N) is 2. The molecule has 0 aromatic heterocycles. The number of nitro groups is 1. The number of halogens is 4. The number of hydrogen-bond donors (Lipinski definition) is 2. The maximum atomic E-state index is 12.8. The number of hydrogen-bond acceptors (Lipinski definition) is 4. The van der Waals surface area contributed by atoms with Crippen LogP contribution in [0.2, 0.25) is 5.02 Å². The van der Waals surface area contributed by atoms with Crippen LogP contribution in [0.1, 0.15) is 33.3 Å². The number of carbonyl (C=O) groups is 1. The van der Waals surface area contributed by atoms with E-state index in [4.69, 9.17) is 11.6 Å². The number of benzene rings is 1. The zero-order valence-corrected chi connectivity index (χ0v) is 14.2. The number of anilines is 1. The highest BCUT2D eigenvalue weighted by Crippen LogP contribution is 2.40. The maximum Gasteiger partial charge on any atom is 0.418 e. The lowest BCUT2D eigenvalue weighted by molar-refractivity contribution is -0.384. The minimum Gasteiger partial charge on any atom is -0.368 e. The van der Waals surface area contributed by atoms with Crippen molar-refractivity contribution in [2.45, 2.75) is 45.5 Å². The first-order valence-electron chi connectivity index (χ1n) is 6.86. The van der Waals surface area contributed by atoms with Crippen LogP contribution in [0.4, 0.5) is 24.5 Å². The fourth-order valence-corrected chi connectivity index (χ4v) is 2.09. The molecule has 1 rings (SSSR count). The molecule has 0 saturated heterocycles. The highest BCUT2D eigenvalue weighted by Gasteiger charge is 2.36. The fraction of sp³-hybridized carbons (Fsp3) is 0.500. The quantitative estimate of drug-likeness (QED) is 0.622. The summed E-state index contributed by atoms with van der Waals surface area (Å²) in [5, 5.41) is 15.5. The maximum absolute atomic E-state index is 12.8. The molecule has 24 heavy (non-hydrogen) atoms. The van der Waals surface area contributed by atoms with E-state index in [1.54, 1.807) is 20.8 Å². The summed E-state index contributed by atoms with van der Waals surface area (Å²) >= 11 is 5.58.